The van der Waals surface area contributed by atoms with Gasteiger partial charge in [0.25, 0.3) is 0 Å². The van der Waals surface area contributed by atoms with E-state index in [0.717, 1.165) is 6.42 Å². The Labute approximate surface area is 101 Å². The minimum Gasteiger partial charge on any atom is -0.361 e. The smallest absolute Gasteiger partial charge is 0.219 e. The van der Waals surface area contributed by atoms with Gasteiger partial charge in [-0.1, -0.05) is 5.16 Å². The van der Waals surface area contributed by atoms with Gasteiger partial charge in [-0.15, -0.1) is 0 Å². The zero-order chi connectivity index (χ0) is 12.5. The highest BCUT2D eigenvalue weighted by Crippen LogP contribution is 2.20. The Hall–Kier alpha value is -0.920. The zero-order valence-electron chi connectivity index (χ0n) is 9.80. The number of rotatable bonds is 4. The Bertz CT molecular complexity index is 483. The summed E-state index contributed by atoms with van der Waals surface area (Å²) in [7, 11) is -3.29. The first kappa shape index (κ1) is 12.5. The van der Waals surface area contributed by atoms with Crippen LogP contribution in [-0.2, 0) is 15.8 Å². The van der Waals surface area contributed by atoms with E-state index < -0.39 is 10.0 Å². The Kier molecular flexibility index (Phi) is 3.50. The van der Waals surface area contributed by atoms with Crippen LogP contribution in [0.1, 0.15) is 17.9 Å². The highest BCUT2D eigenvalue weighted by molar-refractivity contribution is 7.88. The first-order valence-corrected chi connectivity index (χ1v) is 7.22. The van der Waals surface area contributed by atoms with Crippen LogP contribution in [0.4, 0.5) is 0 Å². The molecule has 7 heteroatoms. The summed E-state index contributed by atoms with van der Waals surface area (Å²) in [5.41, 5.74) is 6.00. The first-order valence-electron chi connectivity index (χ1n) is 5.61. The number of nitrogens with two attached hydrogens (primary N) is 1. The third-order valence-corrected chi connectivity index (χ3v) is 4.76. The van der Waals surface area contributed by atoms with Crippen LogP contribution in [0.15, 0.2) is 10.6 Å². The molecule has 0 radical (unpaired) electrons. The summed E-state index contributed by atoms with van der Waals surface area (Å²) in [5, 5.41) is 3.71. The van der Waals surface area contributed by atoms with Crippen LogP contribution >= 0.6 is 0 Å². The van der Waals surface area contributed by atoms with E-state index in [1.807, 2.05) is 0 Å². The lowest BCUT2D eigenvalue weighted by Gasteiger charge is -2.15. The standard InChI is InChI=1S/C10H17N3O3S/c1-8-4-10(12-16-8)7-17(14,15)13-3-2-9(5-11)6-13/h4,9H,2-3,5-7,11H2,1H3. The van der Waals surface area contributed by atoms with Crippen molar-refractivity contribution in [3.05, 3.63) is 17.5 Å². The molecular weight excluding hydrogens is 242 g/mol. The van der Waals surface area contributed by atoms with Gasteiger partial charge >= 0.3 is 0 Å². The summed E-state index contributed by atoms with van der Waals surface area (Å²) in [4.78, 5) is 0. The summed E-state index contributed by atoms with van der Waals surface area (Å²) in [6.07, 6.45) is 0.841. The van der Waals surface area contributed by atoms with Gasteiger partial charge in [-0.05, 0) is 25.8 Å². The fourth-order valence-corrected chi connectivity index (χ4v) is 3.52. The second-order valence-electron chi connectivity index (χ2n) is 4.43. The number of hydrogen-bond donors (Lipinski definition) is 1. The van der Waals surface area contributed by atoms with Gasteiger partial charge in [0.1, 0.15) is 17.2 Å². The summed E-state index contributed by atoms with van der Waals surface area (Å²) in [6.45, 7) is 3.36. The molecule has 17 heavy (non-hydrogen) atoms. The normalized spacial score (nSPS) is 22.1. The Morgan fingerprint density at radius 1 is 1.65 bits per heavy atom. The molecule has 1 aromatic heterocycles. The number of sulfonamides is 1. The zero-order valence-corrected chi connectivity index (χ0v) is 10.6. The largest absolute Gasteiger partial charge is 0.361 e. The second kappa shape index (κ2) is 4.75. The highest BCUT2D eigenvalue weighted by atomic mass is 32.2. The van der Waals surface area contributed by atoms with E-state index in [0.29, 0.717) is 31.1 Å². The monoisotopic (exact) mass is 259 g/mol. The fourth-order valence-electron chi connectivity index (χ4n) is 2.01. The molecule has 2 N–H and O–H groups in total. The van der Waals surface area contributed by atoms with Crippen LogP contribution in [-0.4, -0.2) is 37.5 Å². The molecule has 0 aromatic carbocycles. The van der Waals surface area contributed by atoms with E-state index in [-0.39, 0.29) is 11.7 Å². The molecule has 0 spiro atoms. The van der Waals surface area contributed by atoms with E-state index in [9.17, 15) is 8.42 Å². The molecule has 1 fully saturated rings. The molecule has 96 valence electrons. The fraction of sp³-hybridized carbons (Fsp3) is 0.700. The van der Waals surface area contributed by atoms with Crippen molar-refractivity contribution in [2.45, 2.75) is 19.1 Å². The Morgan fingerprint density at radius 3 is 2.94 bits per heavy atom. The third-order valence-electron chi connectivity index (χ3n) is 2.98. The van der Waals surface area contributed by atoms with E-state index in [1.54, 1.807) is 13.0 Å². The van der Waals surface area contributed by atoms with Crippen LogP contribution in [0.2, 0.25) is 0 Å². The van der Waals surface area contributed by atoms with Crippen molar-refractivity contribution in [2.24, 2.45) is 11.7 Å². The van der Waals surface area contributed by atoms with Crippen molar-refractivity contribution in [1.29, 1.82) is 0 Å². The molecule has 2 rings (SSSR count). The molecule has 2 heterocycles. The molecule has 0 bridgehead atoms. The molecule has 1 saturated heterocycles. The molecule has 0 aliphatic carbocycles. The lowest BCUT2D eigenvalue weighted by Crippen LogP contribution is -2.31. The van der Waals surface area contributed by atoms with Gasteiger partial charge < -0.3 is 10.3 Å². The summed E-state index contributed by atoms with van der Waals surface area (Å²) < 4.78 is 30.5. The molecular formula is C10H17N3O3S. The second-order valence-corrected chi connectivity index (χ2v) is 6.40. The summed E-state index contributed by atoms with van der Waals surface area (Å²) in [5.74, 6) is 0.807. The van der Waals surface area contributed by atoms with Gasteiger partial charge in [0.05, 0.1) is 0 Å². The Balaban J connectivity index is 2.04. The van der Waals surface area contributed by atoms with Crippen LogP contribution in [0.3, 0.4) is 0 Å². The maximum atomic E-state index is 12.1. The average molecular weight is 259 g/mol. The van der Waals surface area contributed by atoms with E-state index in [2.05, 4.69) is 5.16 Å². The van der Waals surface area contributed by atoms with Gasteiger partial charge in [-0.2, -0.15) is 0 Å². The average Bonchev–Trinajstić information content (AvgIpc) is 2.86. The van der Waals surface area contributed by atoms with Crippen LogP contribution < -0.4 is 5.73 Å². The SMILES string of the molecule is Cc1cc(CS(=O)(=O)N2CCC(CN)C2)no1. The lowest BCUT2D eigenvalue weighted by molar-refractivity contribution is 0.391. The molecule has 1 atom stereocenters. The number of hydrogen-bond acceptors (Lipinski definition) is 5. The topological polar surface area (TPSA) is 89.4 Å². The molecule has 1 aliphatic rings. The Morgan fingerprint density at radius 2 is 2.41 bits per heavy atom. The molecule has 1 aliphatic heterocycles. The van der Waals surface area contributed by atoms with Gasteiger partial charge in [-0.25, -0.2) is 12.7 Å². The summed E-state index contributed by atoms with van der Waals surface area (Å²) in [6, 6.07) is 1.65. The maximum Gasteiger partial charge on any atom is 0.219 e. The van der Waals surface area contributed by atoms with Gasteiger partial charge in [0, 0.05) is 19.2 Å². The van der Waals surface area contributed by atoms with Crippen molar-refractivity contribution in [2.75, 3.05) is 19.6 Å². The van der Waals surface area contributed by atoms with E-state index in [4.69, 9.17) is 10.3 Å². The highest BCUT2D eigenvalue weighted by Gasteiger charge is 2.31. The molecule has 6 nitrogen and oxygen atoms in total. The van der Waals surface area contributed by atoms with Crippen LogP contribution in [0, 0.1) is 12.8 Å². The van der Waals surface area contributed by atoms with Gasteiger partial charge in [0.2, 0.25) is 10.0 Å². The van der Waals surface area contributed by atoms with Crippen molar-refractivity contribution in [3.8, 4) is 0 Å². The predicted octanol–water partition coefficient (Wildman–Crippen LogP) is 0.0934. The molecule has 1 unspecified atom stereocenters. The number of nitrogens with zero attached hydrogens (tertiary/aromatic N) is 2. The third kappa shape index (κ3) is 2.85. The predicted molar refractivity (Wildman–Crippen MR) is 62.6 cm³/mol. The summed E-state index contributed by atoms with van der Waals surface area (Å²) >= 11 is 0. The van der Waals surface area contributed by atoms with Crippen molar-refractivity contribution >= 4 is 10.0 Å². The van der Waals surface area contributed by atoms with Crippen LogP contribution in [0.5, 0.6) is 0 Å². The maximum absolute atomic E-state index is 12.1. The molecule has 0 saturated carbocycles. The first-order chi connectivity index (χ1) is 8.01. The number of aryl methyl sites for hydroxylation is 1. The van der Waals surface area contributed by atoms with Gasteiger partial charge in [0.15, 0.2) is 0 Å². The van der Waals surface area contributed by atoms with E-state index >= 15 is 0 Å². The van der Waals surface area contributed by atoms with Crippen molar-refractivity contribution in [3.63, 3.8) is 0 Å². The lowest BCUT2D eigenvalue weighted by atomic mass is 10.1. The molecule has 1 aromatic rings. The minimum atomic E-state index is -3.29. The van der Waals surface area contributed by atoms with Crippen LogP contribution in [0.25, 0.3) is 0 Å². The quantitative estimate of drug-likeness (QED) is 0.828. The van der Waals surface area contributed by atoms with Crippen molar-refractivity contribution < 1.29 is 12.9 Å². The minimum absolute atomic E-state index is 0.0956. The van der Waals surface area contributed by atoms with Crippen molar-refractivity contribution in [1.82, 2.24) is 9.46 Å². The van der Waals surface area contributed by atoms with Gasteiger partial charge in [-0.3, -0.25) is 0 Å². The number of aromatic nitrogens is 1. The molecule has 0 amide bonds. The van der Waals surface area contributed by atoms with E-state index in [1.165, 1.54) is 4.31 Å².